The normalized spacial score (nSPS) is 13.0. The van der Waals surface area contributed by atoms with Gasteiger partial charge in [0.15, 0.2) is 6.29 Å². The summed E-state index contributed by atoms with van der Waals surface area (Å²) in [6, 6.07) is 22.3. The van der Waals surface area contributed by atoms with Crippen LogP contribution in [0.5, 0.6) is 0 Å². The largest absolute Gasteiger partial charge is 0.388 e. The smallest absolute Gasteiger partial charge is 0.204 e. The third-order valence-electron chi connectivity index (χ3n) is 6.48. The number of amides is 1. The third-order valence-corrected chi connectivity index (χ3v) is 8.06. The van der Waals surface area contributed by atoms with Gasteiger partial charge >= 0.3 is 0 Å². The van der Waals surface area contributed by atoms with E-state index in [9.17, 15) is 4.79 Å². The summed E-state index contributed by atoms with van der Waals surface area (Å²) in [4.78, 5) is 20.1. The second kappa shape index (κ2) is 18.0. The molecule has 8 heteroatoms. The first-order valence-electron chi connectivity index (χ1n) is 13.8. The van der Waals surface area contributed by atoms with Crippen molar-refractivity contribution in [3.05, 3.63) is 94.0 Å². The number of primary amides is 1. The summed E-state index contributed by atoms with van der Waals surface area (Å²) in [5.74, 6) is 2.18. The molecule has 0 radical (unpaired) electrons. The van der Waals surface area contributed by atoms with Gasteiger partial charge in [0, 0.05) is 41.2 Å². The number of nitrogens with one attached hydrogen (secondary N) is 1. The first-order chi connectivity index (χ1) is 19.9. The van der Waals surface area contributed by atoms with Crippen LogP contribution in [0.25, 0.3) is 5.70 Å². The van der Waals surface area contributed by atoms with Crippen molar-refractivity contribution >= 4 is 59.8 Å². The van der Waals surface area contributed by atoms with E-state index in [1.165, 1.54) is 45.9 Å². The lowest BCUT2D eigenvalue weighted by atomic mass is 9.89. The summed E-state index contributed by atoms with van der Waals surface area (Å²) in [6.45, 7) is 10.1. The molecule has 6 nitrogen and oxygen atoms in total. The van der Waals surface area contributed by atoms with Gasteiger partial charge in [0.05, 0.1) is 16.4 Å². The zero-order chi connectivity index (χ0) is 30.2. The predicted molar refractivity (Wildman–Crippen MR) is 177 cm³/mol. The number of carbonyl (C=O) groups is 2. The minimum absolute atomic E-state index is 0.250. The van der Waals surface area contributed by atoms with E-state index in [2.05, 4.69) is 72.3 Å². The number of carbonyl (C=O) groups excluding carboxylic acids is 2. The van der Waals surface area contributed by atoms with Gasteiger partial charge in [-0.2, -0.15) is 5.10 Å². The summed E-state index contributed by atoms with van der Waals surface area (Å²) < 4.78 is 0. The minimum Gasteiger partial charge on any atom is -0.388 e. The molecule has 0 aromatic heterocycles. The average molecular weight is 593 g/mol. The van der Waals surface area contributed by atoms with Gasteiger partial charge in [-0.25, -0.2) is 5.01 Å². The minimum atomic E-state index is 0.250. The van der Waals surface area contributed by atoms with Crippen LogP contribution in [0.3, 0.4) is 0 Å². The Balaban J connectivity index is 0.000000350. The molecule has 1 fully saturated rings. The Kier molecular flexibility index (Phi) is 14.8. The maximum absolute atomic E-state index is 10.1. The van der Waals surface area contributed by atoms with Gasteiger partial charge in [-0.3, -0.25) is 9.59 Å². The molecule has 3 aromatic carbocycles. The number of aryl methyl sites for hydroxylation is 1. The summed E-state index contributed by atoms with van der Waals surface area (Å²) in [5, 5.41) is 10.2. The highest BCUT2D eigenvalue weighted by Crippen LogP contribution is 2.39. The molecule has 2 aliphatic carbocycles. The number of halogens is 1. The third kappa shape index (κ3) is 10.1. The van der Waals surface area contributed by atoms with Crippen molar-refractivity contribution in [1.82, 2.24) is 0 Å². The zero-order valence-electron chi connectivity index (χ0n) is 24.4. The number of rotatable bonds is 8. The molecule has 2 aliphatic rings. The van der Waals surface area contributed by atoms with Crippen LogP contribution in [0.15, 0.2) is 82.3 Å². The van der Waals surface area contributed by atoms with Crippen molar-refractivity contribution in [2.75, 3.05) is 23.1 Å². The average Bonchev–Trinajstić information content (AvgIpc) is 3.84. The number of benzene rings is 3. The van der Waals surface area contributed by atoms with Crippen molar-refractivity contribution in [3.8, 4) is 0 Å². The molecule has 5 rings (SSSR count). The Hall–Kier alpha value is -3.55. The Morgan fingerprint density at radius 3 is 2.27 bits per heavy atom. The highest BCUT2D eigenvalue weighted by atomic mass is 35.5. The number of hydrogen-bond donors (Lipinski definition) is 2. The van der Waals surface area contributed by atoms with E-state index in [0.29, 0.717) is 10.6 Å². The quantitative estimate of drug-likeness (QED) is 0.119. The standard InChI is InChI=1S/C23H27N3S.C7H5ClO.C2H6.CH3NO/c1-16-4-7-18-8-9-19(24-2)14-22(18)23(16)26(25-3)20-10-12-21(13-11-20)27-15-17-5-6-17;8-7-4-2-1-3-6(7)5-9;1-2;2-1-3/h8-14,17,24H,3-7,15H2,1-2H3;1-5H;1-2H3;1H,(H2,2,3). The van der Waals surface area contributed by atoms with Gasteiger partial charge in [-0.15, -0.1) is 11.8 Å². The number of hydrogen-bond acceptors (Lipinski definition) is 6. The second-order valence-corrected chi connectivity index (χ2v) is 10.7. The van der Waals surface area contributed by atoms with Crippen LogP contribution in [0.4, 0.5) is 11.4 Å². The number of anilines is 2. The van der Waals surface area contributed by atoms with Crippen LogP contribution < -0.4 is 16.1 Å². The van der Waals surface area contributed by atoms with E-state index < -0.39 is 0 Å². The number of nitrogens with two attached hydrogens (primary N) is 1. The predicted octanol–water partition coefficient (Wildman–Crippen LogP) is 8.31. The van der Waals surface area contributed by atoms with Crippen molar-refractivity contribution < 1.29 is 9.59 Å². The fourth-order valence-electron chi connectivity index (χ4n) is 4.17. The number of allylic oxidation sites excluding steroid dienone is 1. The fourth-order valence-corrected chi connectivity index (χ4v) is 5.44. The molecule has 3 N–H and O–H groups in total. The zero-order valence-corrected chi connectivity index (χ0v) is 26.0. The van der Waals surface area contributed by atoms with E-state index in [4.69, 9.17) is 16.4 Å². The molecule has 0 bridgehead atoms. The molecule has 218 valence electrons. The lowest BCUT2D eigenvalue weighted by Crippen LogP contribution is -2.19. The molecule has 41 heavy (non-hydrogen) atoms. The Morgan fingerprint density at radius 1 is 1.07 bits per heavy atom. The van der Waals surface area contributed by atoms with Gasteiger partial charge in [0.25, 0.3) is 0 Å². The van der Waals surface area contributed by atoms with Gasteiger partial charge in [-0.05, 0) is 92.1 Å². The summed E-state index contributed by atoms with van der Waals surface area (Å²) in [6.07, 6.45) is 5.93. The molecule has 0 saturated heterocycles. The van der Waals surface area contributed by atoms with Crippen LogP contribution in [-0.2, 0) is 11.2 Å². The van der Waals surface area contributed by atoms with Crippen molar-refractivity contribution in [2.45, 2.75) is 51.3 Å². The van der Waals surface area contributed by atoms with Crippen LogP contribution >= 0.6 is 23.4 Å². The molecule has 0 spiro atoms. The van der Waals surface area contributed by atoms with E-state index >= 15 is 0 Å². The number of nitrogens with zero attached hydrogens (tertiary/aromatic N) is 2. The maximum atomic E-state index is 10.1. The molecular weight excluding hydrogens is 552 g/mol. The molecule has 3 aromatic rings. The molecule has 1 amide bonds. The molecule has 0 heterocycles. The van der Waals surface area contributed by atoms with Gasteiger partial charge in [0.1, 0.15) is 0 Å². The summed E-state index contributed by atoms with van der Waals surface area (Å²) >= 11 is 7.56. The summed E-state index contributed by atoms with van der Waals surface area (Å²) in [7, 11) is 1.96. The first kappa shape index (κ1) is 33.7. The number of hydrazone groups is 1. The maximum Gasteiger partial charge on any atom is 0.204 e. The second-order valence-electron chi connectivity index (χ2n) is 9.23. The Bertz CT molecular complexity index is 1310. The van der Waals surface area contributed by atoms with Crippen molar-refractivity contribution in [3.63, 3.8) is 0 Å². The van der Waals surface area contributed by atoms with Crippen LogP contribution in [0.2, 0.25) is 5.02 Å². The molecular formula is C33H41ClN4O2S. The number of aldehydes is 1. The SMILES string of the molecule is C=NN(C1=C(C)CCc2ccc(NC)cc21)c1ccc(SCC2CC2)cc1.CC.NC=O.O=Cc1ccccc1Cl. The topological polar surface area (TPSA) is 87.8 Å². The molecule has 0 unspecified atom stereocenters. The molecule has 0 aliphatic heterocycles. The van der Waals surface area contributed by atoms with Crippen LogP contribution in [-0.4, -0.2) is 32.2 Å². The van der Waals surface area contributed by atoms with Crippen LogP contribution in [0, 0.1) is 5.92 Å². The fraction of sp³-hybridized carbons (Fsp3) is 0.303. The van der Waals surface area contributed by atoms with E-state index in [0.717, 1.165) is 36.4 Å². The van der Waals surface area contributed by atoms with Crippen LogP contribution in [0.1, 0.15) is 61.5 Å². The van der Waals surface area contributed by atoms with Gasteiger partial charge in [0.2, 0.25) is 6.41 Å². The van der Waals surface area contributed by atoms with E-state index in [-0.39, 0.29) is 6.41 Å². The Labute approximate surface area is 254 Å². The highest BCUT2D eigenvalue weighted by Gasteiger charge is 2.24. The monoisotopic (exact) mass is 592 g/mol. The van der Waals surface area contributed by atoms with Crippen molar-refractivity contribution in [1.29, 1.82) is 0 Å². The molecule has 0 atom stereocenters. The van der Waals surface area contributed by atoms with Gasteiger partial charge in [-0.1, -0.05) is 49.7 Å². The number of fused-ring (bicyclic) bond motifs is 1. The Morgan fingerprint density at radius 2 is 1.73 bits per heavy atom. The lowest BCUT2D eigenvalue weighted by molar-refractivity contribution is -0.106. The van der Waals surface area contributed by atoms with Crippen molar-refractivity contribution in [2.24, 2.45) is 16.8 Å². The lowest BCUT2D eigenvalue weighted by Gasteiger charge is -2.29. The van der Waals surface area contributed by atoms with Gasteiger partial charge < -0.3 is 11.1 Å². The highest BCUT2D eigenvalue weighted by molar-refractivity contribution is 7.99. The first-order valence-corrected chi connectivity index (χ1v) is 15.2. The van der Waals surface area contributed by atoms with E-state index in [1.807, 2.05) is 37.7 Å². The molecule has 1 saturated carbocycles. The van der Waals surface area contributed by atoms with E-state index in [1.54, 1.807) is 24.3 Å². The number of thioether (sulfide) groups is 1. The summed E-state index contributed by atoms with van der Waals surface area (Å²) in [5.41, 5.74) is 12.1.